The molecule has 92 valence electrons. The number of benzene rings is 1. The third kappa shape index (κ3) is 2.13. The summed E-state index contributed by atoms with van der Waals surface area (Å²) in [4.78, 5) is 4.33. The minimum atomic E-state index is 0.559. The number of aromatic nitrogens is 1. The molecule has 0 aliphatic heterocycles. The van der Waals surface area contributed by atoms with Gasteiger partial charge in [-0.2, -0.15) is 0 Å². The third-order valence-electron chi connectivity index (χ3n) is 2.57. The van der Waals surface area contributed by atoms with Crippen molar-refractivity contribution >= 4 is 54.8 Å². The van der Waals surface area contributed by atoms with Crippen LogP contribution in [0.15, 0.2) is 38.9 Å². The molecule has 0 unspecified atom stereocenters. The zero-order valence-electron chi connectivity index (χ0n) is 9.11. The highest BCUT2D eigenvalue weighted by Crippen LogP contribution is 2.33. The zero-order chi connectivity index (χ0) is 12.5. The van der Waals surface area contributed by atoms with E-state index in [1.54, 1.807) is 17.6 Å². The quantitative estimate of drug-likeness (QED) is 0.733. The van der Waals surface area contributed by atoms with Crippen molar-refractivity contribution < 1.29 is 4.42 Å². The average Bonchev–Trinajstić information content (AvgIpc) is 2.97. The van der Waals surface area contributed by atoms with E-state index in [1.165, 1.54) is 0 Å². The van der Waals surface area contributed by atoms with Crippen molar-refractivity contribution in [3.8, 4) is 0 Å². The summed E-state index contributed by atoms with van der Waals surface area (Å²) in [7, 11) is 0. The molecule has 0 saturated heterocycles. The lowest BCUT2D eigenvalue weighted by Crippen LogP contribution is -2.00. The Hall–Kier alpha value is -1.04. The van der Waals surface area contributed by atoms with Gasteiger partial charge in [0.2, 0.25) is 0 Å². The molecule has 0 radical (unpaired) electrons. The van der Waals surface area contributed by atoms with Crippen LogP contribution in [-0.2, 0) is 6.54 Å². The van der Waals surface area contributed by atoms with Gasteiger partial charge in [0.25, 0.3) is 0 Å². The lowest BCUT2D eigenvalue weighted by Gasteiger charge is -2.08. The molecule has 1 aromatic carbocycles. The van der Waals surface area contributed by atoms with Crippen LogP contribution >= 0.6 is 38.9 Å². The van der Waals surface area contributed by atoms with Gasteiger partial charge in [-0.05, 0) is 34.1 Å². The zero-order valence-corrected chi connectivity index (χ0v) is 12.3. The summed E-state index contributed by atoms with van der Waals surface area (Å²) in [5.74, 6) is 0.832. The first-order valence-electron chi connectivity index (χ1n) is 5.23. The molecule has 2 heterocycles. The smallest absolute Gasteiger partial charge is 0.136 e. The second-order valence-electron chi connectivity index (χ2n) is 3.67. The minimum Gasteiger partial charge on any atom is -0.466 e. The number of hydrogen-bond donors (Lipinski definition) is 1. The van der Waals surface area contributed by atoms with E-state index in [0.717, 1.165) is 26.1 Å². The van der Waals surface area contributed by atoms with Crippen LogP contribution in [0.4, 0.5) is 5.69 Å². The molecule has 3 nitrogen and oxygen atoms in total. The van der Waals surface area contributed by atoms with Gasteiger partial charge in [-0.25, -0.2) is 4.98 Å². The van der Waals surface area contributed by atoms with Crippen molar-refractivity contribution in [2.24, 2.45) is 0 Å². The number of rotatable bonds is 3. The molecule has 2 aromatic heterocycles. The minimum absolute atomic E-state index is 0.559. The Labute approximate surface area is 121 Å². The largest absolute Gasteiger partial charge is 0.466 e. The topological polar surface area (TPSA) is 38.1 Å². The van der Waals surface area contributed by atoms with Crippen LogP contribution in [0.5, 0.6) is 0 Å². The Morgan fingerprint density at radius 3 is 3.06 bits per heavy atom. The first kappa shape index (κ1) is 12.0. The molecule has 3 aromatic rings. The van der Waals surface area contributed by atoms with E-state index in [2.05, 4.69) is 26.2 Å². The monoisotopic (exact) mass is 342 g/mol. The number of thiazole rings is 1. The predicted octanol–water partition coefficient (Wildman–Crippen LogP) is 4.92. The average molecular weight is 344 g/mol. The van der Waals surface area contributed by atoms with Crippen LogP contribution in [0.25, 0.3) is 10.2 Å². The fourth-order valence-corrected chi connectivity index (χ4v) is 2.94. The van der Waals surface area contributed by atoms with Crippen molar-refractivity contribution in [2.75, 3.05) is 5.32 Å². The summed E-state index contributed by atoms with van der Waals surface area (Å²) in [6.07, 6.45) is 1.64. The van der Waals surface area contributed by atoms with Crippen LogP contribution in [0.2, 0.25) is 5.02 Å². The number of hydrogen-bond acceptors (Lipinski definition) is 4. The normalized spacial score (nSPS) is 11.0. The molecule has 0 aliphatic carbocycles. The second-order valence-corrected chi connectivity index (χ2v) is 5.81. The molecule has 6 heteroatoms. The molecule has 0 aliphatic rings. The maximum atomic E-state index is 6.20. The number of furan rings is 1. The van der Waals surface area contributed by atoms with Crippen LogP contribution in [0, 0.1) is 0 Å². The van der Waals surface area contributed by atoms with Gasteiger partial charge < -0.3 is 9.73 Å². The lowest BCUT2D eigenvalue weighted by molar-refractivity contribution is 0.516. The van der Waals surface area contributed by atoms with E-state index >= 15 is 0 Å². The summed E-state index contributed by atoms with van der Waals surface area (Å²) in [6, 6.07) is 5.72. The maximum absolute atomic E-state index is 6.20. The highest BCUT2D eigenvalue weighted by Gasteiger charge is 2.10. The van der Waals surface area contributed by atoms with Crippen molar-refractivity contribution in [3.63, 3.8) is 0 Å². The van der Waals surface area contributed by atoms with E-state index < -0.39 is 0 Å². The van der Waals surface area contributed by atoms with E-state index in [-0.39, 0.29) is 0 Å². The molecule has 0 bridgehead atoms. The number of nitrogens with zero attached hydrogens (tertiary/aromatic N) is 1. The number of fused-ring (bicyclic) bond motifs is 1. The Balaban J connectivity index is 1.92. The Morgan fingerprint density at radius 2 is 2.28 bits per heavy atom. The summed E-state index contributed by atoms with van der Waals surface area (Å²) >= 11 is 11.2. The molecular weight excluding hydrogens is 336 g/mol. The fraction of sp³-hybridized carbons (Fsp3) is 0.0833. The maximum Gasteiger partial charge on any atom is 0.136 e. The van der Waals surface area contributed by atoms with E-state index in [9.17, 15) is 0 Å². The lowest BCUT2D eigenvalue weighted by atomic mass is 10.3. The molecule has 0 fully saturated rings. The third-order valence-corrected chi connectivity index (χ3v) is 4.38. The summed E-state index contributed by atoms with van der Waals surface area (Å²) in [6.45, 7) is 0.559. The second kappa shape index (κ2) is 4.91. The fourth-order valence-electron chi connectivity index (χ4n) is 1.69. The highest BCUT2D eigenvalue weighted by atomic mass is 79.9. The van der Waals surface area contributed by atoms with Gasteiger partial charge in [-0.1, -0.05) is 11.6 Å². The predicted molar refractivity (Wildman–Crippen MR) is 78.4 cm³/mol. The number of halogens is 2. The number of nitrogens with one attached hydrogen (secondary N) is 1. The van der Waals surface area contributed by atoms with Gasteiger partial charge in [0.05, 0.1) is 38.2 Å². The van der Waals surface area contributed by atoms with Crippen molar-refractivity contribution in [1.82, 2.24) is 4.98 Å². The Bertz CT molecular complexity index is 694. The van der Waals surface area contributed by atoms with Crippen LogP contribution in [-0.4, -0.2) is 4.98 Å². The standard InChI is InChI=1S/C12H8BrClN2OS/c13-7-3-4-17-9(7)5-15-11-8(14)1-2-10-12(11)16-6-18-10/h1-4,6,15H,5H2. The van der Waals surface area contributed by atoms with Gasteiger partial charge in [-0.3, -0.25) is 0 Å². The molecule has 18 heavy (non-hydrogen) atoms. The van der Waals surface area contributed by atoms with E-state index in [4.69, 9.17) is 16.0 Å². The molecular formula is C12H8BrClN2OS. The van der Waals surface area contributed by atoms with Crippen LogP contribution < -0.4 is 5.32 Å². The van der Waals surface area contributed by atoms with Gasteiger partial charge in [0.1, 0.15) is 11.3 Å². The molecule has 0 spiro atoms. The Kier molecular flexibility index (Phi) is 3.28. The van der Waals surface area contributed by atoms with Crippen LogP contribution in [0.3, 0.4) is 0 Å². The first-order chi connectivity index (χ1) is 8.75. The molecule has 0 amide bonds. The van der Waals surface area contributed by atoms with Gasteiger partial charge in [0.15, 0.2) is 0 Å². The first-order valence-corrected chi connectivity index (χ1v) is 7.28. The van der Waals surface area contributed by atoms with Gasteiger partial charge in [-0.15, -0.1) is 11.3 Å². The van der Waals surface area contributed by atoms with Crippen LogP contribution in [0.1, 0.15) is 5.76 Å². The molecule has 0 saturated carbocycles. The highest BCUT2D eigenvalue weighted by molar-refractivity contribution is 9.10. The van der Waals surface area contributed by atoms with E-state index in [0.29, 0.717) is 11.6 Å². The van der Waals surface area contributed by atoms with E-state index in [1.807, 2.05) is 23.7 Å². The molecule has 3 rings (SSSR count). The molecule has 0 atom stereocenters. The van der Waals surface area contributed by atoms with Gasteiger partial charge >= 0.3 is 0 Å². The number of anilines is 1. The summed E-state index contributed by atoms with van der Waals surface area (Å²) in [5, 5.41) is 3.94. The summed E-state index contributed by atoms with van der Waals surface area (Å²) < 4.78 is 7.40. The van der Waals surface area contributed by atoms with Crippen molar-refractivity contribution in [2.45, 2.75) is 6.54 Å². The SMILES string of the molecule is Clc1ccc2scnc2c1NCc1occc1Br. The van der Waals surface area contributed by atoms with Crippen molar-refractivity contribution in [1.29, 1.82) is 0 Å². The molecule has 1 N–H and O–H groups in total. The van der Waals surface area contributed by atoms with Gasteiger partial charge in [0, 0.05) is 0 Å². The van der Waals surface area contributed by atoms with Crippen molar-refractivity contribution in [3.05, 3.63) is 45.2 Å². The Morgan fingerprint density at radius 1 is 1.39 bits per heavy atom. The summed E-state index contributed by atoms with van der Waals surface area (Å²) in [5.41, 5.74) is 3.56.